The highest BCUT2D eigenvalue weighted by Gasteiger charge is 2.44. The Kier molecular flexibility index (Phi) is 4.42. The van der Waals surface area contributed by atoms with Crippen LogP contribution in [0.3, 0.4) is 0 Å². The number of phenols is 1. The Morgan fingerprint density at radius 3 is 2.74 bits per heavy atom. The fourth-order valence-electron chi connectivity index (χ4n) is 4.45. The summed E-state index contributed by atoms with van der Waals surface area (Å²) in [6, 6.07) is 7.01. The molecule has 140 valence electrons. The number of fused-ring (bicyclic) bond motifs is 2. The zero-order valence-corrected chi connectivity index (χ0v) is 14.9. The van der Waals surface area contributed by atoms with Gasteiger partial charge in [0.05, 0.1) is 17.3 Å². The lowest BCUT2D eigenvalue weighted by atomic mass is 9.83. The van der Waals surface area contributed by atoms with Gasteiger partial charge < -0.3 is 10.0 Å². The maximum atomic E-state index is 14.8. The van der Waals surface area contributed by atoms with Gasteiger partial charge in [-0.3, -0.25) is 0 Å². The number of aromatic hydroxyl groups is 1. The second-order valence-corrected chi connectivity index (χ2v) is 7.54. The second-order valence-electron chi connectivity index (χ2n) is 7.54. The van der Waals surface area contributed by atoms with Gasteiger partial charge in [-0.1, -0.05) is 0 Å². The lowest BCUT2D eigenvalue weighted by molar-refractivity contribution is 0.144. The van der Waals surface area contributed by atoms with E-state index in [-0.39, 0.29) is 28.8 Å². The van der Waals surface area contributed by atoms with E-state index in [9.17, 15) is 13.9 Å². The molecule has 1 heterocycles. The van der Waals surface area contributed by atoms with E-state index >= 15 is 0 Å². The van der Waals surface area contributed by atoms with Gasteiger partial charge in [-0.25, -0.2) is 8.78 Å². The number of hydrogen-bond acceptors (Lipinski definition) is 5. The lowest BCUT2D eigenvalue weighted by Crippen LogP contribution is -2.46. The van der Waals surface area contributed by atoms with Gasteiger partial charge in [0.2, 0.25) is 0 Å². The first-order valence-electron chi connectivity index (χ1n) is 9.11. The first kappa shape index (κ1) is 17.7. The Hall–Kier alpha value is -2.75. The van der Waals surface area contributed by atoms with Crippen molar-refractivity contribution in [3.63, 3.8) is 0 Å². The largest absolute Gasteiger partial charge is 0.507 e. The monoisotopic (exact) mass is 370 g/mol. The van der Waals surface area contributed by atoms with Crippen molar-refractivity contribution >= 4 is 5.82 Å². The molecule has 1 aromatic heterocycles. The Balaban J connectivity index is 1.59. The Labute approximate surface area is 156 Å². The molecule has 5 nitrogen and oxygen atoms in total. The van der Waals surface area contributed by atoms with E-state index in [1.165, 1.54) is 6.07 Å². The van der Waals surface area contributed by atoms with Crippen LogP contribution in [-0.2, 0) is 0 Å². The highest BCUT2D eigenvalue weighted by molar-refractivity contribution is 5.69. The fourth-order valence-corrected chi connectivity index (χ4v) is 4.45. The van der Waals surface area contributed by atoms with Gasteiger partial charge >= 0.3 is 0 Å². The minimum Gasteiger partial charge on any atom is -0.507 e. The van der Waals surface area contributed by atoms with E-state index < -0.39 is 12.0 Å². The molecule has 0 unspecified atom stereocenters. The highest BCUT2D eigenvalue weighted by Crippen LogP contribution is 2.45. The molecule has 0 spiro atoms. The molecule has 2 saturated carbocycles. The summed E-state index contributed by atoms with van der Waals surface area (Å²) in [6.45, 7) is 0. The van der Waals surface area contributed by atoms with E-state index in [0.29, 0.717) is 17.4 Å². The van der Waals surface area contributed by atoms with Crippen molar-refractivity contribution in [2.24, 2.45) is 11.8 Å². The molecular weight excluding hydrogens is 350 g/mol. The predicted octanol–water partition coefficient (Wildman–Crippen LogP) is 3.82. The summed E-state index contributed by atoms with van der Waals surface area (Å²) >= 11 is 0. The van der Waals surface area contributed by atoms with Crippen LogP contribution in [0, 0.1) is 29.0 Å². The van der Waals surface area contributed by atoms with Gasteiger partial charge in [0.1, 0.15) is 23.8 Å². The van der Waals surface area contributed by atoms with Crippen LogP contribution in [0.1, 0.15) is 31.2 Å². The normalized spacial score (nSPS) is 26.6. The van der Waals surface area contributed by atoms with Crippen LogP contribution in [0.5, 0.6) is 5.75 Å². The maximum Gasteiger partial charge on any atom is 0.151 e. The van der Waals surface area contributed by atoms with Crippen molar-refractivity contribution in [1.82, 2.24) is 10.2 Å². The molecule has 2 aliphatic carbocycles. The second kappa shape index (κ2) is 6.76. The van der Waals surface area contributed by atoms with Crippen LogP contribution < -0.4 is 4.90 Å². The van der Waals surface area contributed by atoms with Crippen molar-refractivity contribution < 1.29 is 13.9 Å². The summed E-state index contributed by atoms with van der Waals surface area (Å²) in [5.41, 5.74) is 0.374. The molecule has 2 aliphatic rings. The number of alkyl halides is 1. The fraction of sp³-hybridized carbons (Fsp3) is 0.450. The van der Waals surface area contributed by atoms with Gasteiger partial charge in [0, 0.05) is 18.7 Å². The number of benzene rings is 1. The third-order valence-electron chi connectivity index (χ3n) is 5.97. The average Bonchev–Trinajstić information content (AvgIpc) is 3.08. The standard InChI is InChI=1S/C20H20F2N4O/c1-26(17-7-11-2-3-12(6-11)20(17)22)19-5-4-16(24-25-19)14-8-13(10-23)15(21)9-18(14)27/h4-5,8-9,11-12,17,20,27H,2-3,6-7H2,1H3/t11-,12+,17+,20-/m1/s1. The minimum absolute atomic E-state index is 0.143. The van der Waals surface area contributed by atoms with E-state index in [0.717, 1.165) is 31.7 Å². The summed E-state index contributed by atoms with van der Waals surface area (Å²) < 4.78 is 28.4. The molecule has 7 heteroatoms. The Morgan fingerprint density at radius 1 is 1.22 bits per heavy atom. The van der Waals surface area contributed by atoms with Crippen LogP contribution in [0.25, 0.3) is 11.3 Å². The van der Waals surface area contributed by atoms with Crippen molar-refractivity contribution in [3.8, 4) is 23.1 Å². The van der Waals surface area contributed by atoms with Crippen LogP contribution in [-0.4, -0.2) is 34.6 Å². The Bertz CT molecular complexity index is 896. The molecule has 2 aromatic rings. The molecule has 1 aromatic carbocycles. The number of aromatic nitrogens is 2. The molecule has 0 aliphatic heterocycles. The summed E-state index contributed by atoms with van der Waals surface area (Å²) in [7, 11) is 1.83. The van der Waals surface area contributed by atoms with E-state index in [4.69, 9.17) is 5.26 Å². The average molecular weight is 370 g/mol. The summed E-state index contributed by atoms with van der Waals surface area (Å²) in [5, 5.41) is 27.2. The molecule has 0 saturated heterocycles. The number of hydrogen-bond donors (Lipinski definition) is 1. The number of nitriles is 1. The third kappa shape index (κ3) is 3.09. The topological polar surface area (TPSA) is 73.0 Å². The van der Waals surface area contributed by atoms with E-state index in [2.05, 4.69) is 10.2 Å². The third-order valence-corrected chi connectivity index (χ3v) is 5.97. The van der Waals surface area contributed by atoms with Crippen LogP contribution in [0.4, 0.5) is 14.6 Å². The summed E-state index contributed by atoms with van der Waals surface area (Å²) in [6.07, 6.45) is 3.01. The predicted molar refractivity (Wildman–Crippen MR) is 96.3 cm³/mol. The molecule has 4 atom stereocenters. The summed E-state index contributed by atoms with van der Waals surface area (Å²) in [4.78, 5) is 1.84. The molecule has 27 heavy (non-hydrogen) atoms. The van der Waals surface area contributed by atoms with Gasteiger partial charge in [-0.05, 0) is 55.7 Å². The molecule has 4 rings (SSSR count). The molecule has 0 amide bonds. The number of nitrogens with zero attached hydrogens (tertiary/aromatic N) is 4. The number of phenolic OH excluding ortho intramolecular Hbond substituents is 1. The van der Waals surface area contributed by atoms with Crippen molar-refractivity contribution in [1.29, 1.82) is 5.26 Å². The van der Waals surface area contributed by atoms with E-state index in [1.54, 1.807) is 18.2 Å². The van der Waals surface area contributed by atoms with E-state index in [1.807, 2.05) is 11.9 Å². The molecule has 0 radical (unpaired) electrons. The SMILES string of the molecule is CN(c1ccc(-c2cc(C#N)c(F)cc2O)nn1)[C@H]1C[C@@H]2CC[C@@H](C2)[C@H]1F. The summed E-state index contributed by atoms with van der Waals surface area (Å²) in [5.74, 6) is 0.180. The molecular formula is C20H20F2N4O. The molecule has 2 fully saturated rings. The quantitative estimate of drug-likeness (QED) is 0.889. The van der Waals surface area contributed by atoms with Crippen molar-refractivity contribution in [2.45, 2.75) is 37.9 Å². The van der Waals surface area contributed by atoms with Gasteiger partial charge in [0.15, 0.2) is 5.82 Å². The van der Waals surface area contributed by atoms with Gasteiger partial charge in [0.25, 0.3) is 0 Å². The first-order valence-corrected chi connectivity index (χ1v) is 9.11. The smallest absolute Gasteiger partial charge is 0.151 e. The van der Waals surface area contributed by atoms with Crippen LogP contribution in [0.2, 0.25) is 0 Å². The lowest BCUT2D eigenvalue weighted by Gasteiger charge is -2.38. The van der Waals surface area contributed by atoms with Gasteiger partial charge in [-0.2, -0.15) is 5.26 Å². The number of rotatable bonds is 3. The molecule has 2 bridgehead atoms. The minimum atomic E-state index is -0.866. The number of halogens is 2. The Morgan fingerprint density at radius 2 is 2.04 bits per heavy atom. The zero-order valence-electron chi connectivity index (χ0n) is 14.9. The molecule has 1 N–H and O–H groups in total. The van der Waals surface area contributed by atoms with Gasteiger partial charge in [-0.15, -0.1) is 10.2 Å². The number of anilines is 1. The highest BCUT2D eigenvalue weighted by atomic mass is 19.1. The van der Waals surface area contributed by atoms with Crippen molar-refractivity contribution in [2.75, 3.05) is 11.9 Å². The first-order chi connectivity index (χ1) is 13.0. The van der Waals surface area contributed by atoms with Crippen molar-refractivity contribution in [3.05, 3.63) is 35.6 Å². The van der Waals surface area contributed by atoms with Crippen LogP contribution >= 0.6 is 0 Å². The zero-order chi connectivity index (χ0) is 19.1. The van der Waals surface area contributed by atoms with Crippen LogP contribution in [0.15, 0.2) is 24.3 Å². The maximum absolute atomic E-state index is 14.8.